The molecule has 26 heavy (non-hydrogen) atoms. The third kappa shape index (κ3) is 6.03. The van der Waals surface area contributed by atoms with E-state index in [4.69, 9.17) is 11.6 Å². The Bertz CT molecular complexity index is 743. The van der Waals surface area contributed by atoms with E-state index < -0.39 is 15.6 Å². The summed E-state index contributed by atoms with van der Waals surface area (Å²) in [6, 6.07) is 7.86. The quantitative estimate of drug-likeness (QED) is 0.575. The number of aliphatic imine (C=N–C) groups is 1. The Hall–Kier alpha value is -1.51. The number of nitrogens with zero attached hydrogens (tertiary/aromatic N) is 3. The highest BCUT2D eigenvalue weighted by atomic mass is 35.5. The fourth-order valence-electron chi connectivity index (χ4n) is 3.04. The zero-order valence-corrected chi connectivity index (χ0v) is 17.4. The normalized spacial score (nSPS) is 16.7. The van der Waals surface area contributed by atoms with Gasteiger partial charge in [0.25, 0.3) is 0 Å². The van der Waals surface area contributed by atoms with Gasteiger partial charge in [0.1, 0.15) is 0 Å². The van der Waals surface area contributed by atoms with Gasteiger partial charge in [-0.2, -0.15) is 0 Å². The minimum absolute atomic E-state index is 0.442. The van der Waals surface area contributed by atoms with Crippen LogP contribution in [0.4, 0.5) is 5.69 Å². The maximum Gasteiger partial charge on any atom is 0.209 e. The molecule has 1 aliphatic rings. The van der Waals surface area contributed by atoms with Crippen LogP contribution in [0, 0.1) is 0 Å². The number of hydrogen-bond donors (Lipinski definition) is 2. The zero-order chi connectivity index (χ0) is 19.4. The molecule has 0 aliphatic carbocycles. The summed E-state index contributed by atoms with van der Waals surface area (Å²) < 4.78 is 25.6. The van der Waals surface area contributed by atoms with E-state index in [1.54, 1.807) is 7.05 Å². The smallest absolute Gasteiger partial charge is 0.209 e. The molecule has 1 aromatic rings. The number of hydrogen-bond acceptors (Lipinski definition) is 4. The summed E-state index contributed by atoms with van der Waals surface area (Å²) in [6.45, 7) is 7.42. The molecule has 0 bridgehead atoms. The lowest BCUT2D eigenvalue weighted by Crippen LogP contribution is -2.56. The standard InChI is InChI=1S/C17H28ClN5O2S/c1-17(2,21-26(4,24)25)13-20-16(19-3)23-11-9-22(10-12-23)15-8-6-5-7-14(15)18/h5-8,21H,9-13H2,1-4H3,(H,19,20). The largest absolute Gasteiger partial charge is 0.367 e. The van der Waals surface area contributed by atoms with Gasteiger partial charge in [-0.1, -0.05) is 23.7 Å². The van der Waals surface area contributed by atoms with Crippen LogP contribution in [0.1, 0.15) is 13.8 Å². The molecule has 0 aromatic heterocycles. The van der Waals surface area contributed by atoms with E-state index >= 15 is 0 Å². The molecule has 1 saturated heterocycles. The van der Waals surface area contributed by atoms with E-state index in [1.165, 1.54) is 0 Å². The van der Waals surface area contributed by atoms with E-state index in [0.717, 1.165) is 49.1 Å². The molecule has 9 heteroatoms. The molecular formula is C17H28ClN5O2S. The number of rotatable bonds is 5. The molecule has 0 saturated carbocycles. The predicted molar refractivity (Wildman–Crippen MR) is 109 cm³/mol. The predicted octanol–water partition coefficient (Wildman–Crippen LogP) is 1.37. The first kappa shape index (κ1) is 20.8. The van der Waals surface area contributed by atoms with Crippen LogP contribution in [0.25, 0.3) is 0 Å². The number of piperazine rings is 1. The van der Waals surface area contributed by atoms with Crippen molar-refractivity contribution in [2.45, 2.75) is 19.4 Å². The molecule has 1 aromatic carbocycles. The minimum Gasteiger partial charge on any atom is -0.367 e. The maximum atomic E-state index is 11.5. The second-order valence-corrected chi connectivity index (χ2v) is 9.24. The maximum absolute atomic E-state index is 11.5. The Labute approximate surface area is 161 Å². The lowest BCUT2D eigenvalue weighted by Gasteiger charge is -2.38. The highest BCUT2D eigenvalue weighted by molar-refractivity contribution is 7.88. The molecule has 2 rings (SSSR count). The van der Waals surface area contributed by atoms with E-state index in [2.05, 4.69) is 24.8 Å². The molecule has 1 heterocycles. The number of sulfonamides is 1. The highest BCUT2D eigenvalue weighted by Gasteiger charge is 2.25. The lowest BCUT2D eigenvalue weighted by molar-refractivity contribution is 0.363. The van der Waals surface area contributed by atoms with Gasteiger partial charge in [-0.25, -0.2) is 13.1 Å². The molecule has 0 amide bonds. The van der Waals surface area contributed by atoms with Gasteiger partial charge in [0.05, 0.1) is 17.0 Å². The van der Waals surface area contributed by atoms with Crippen LogP contribution >= 0.6 is 11.6 Å². The van der Waals surface area contributed by atoms with Crippen LogP contribution in [0.15, 0.2) is 29.3 Å². The van der Waals surface area contributed by atoms with Gasteiger partial charge < -0.3 is 15.1 Å². The number of anilines is 1. The first-order chi connectivity index (χ1) is 12.1. The van der Waals surface area contributed by atoms with Crippen molar-refractivity contribution in [3.63, 3.8) is 0 Å². The zero-order valence-electron chi connectivity index (χ0n) is 15.8. The molecule has 0 radical (unpaired) electrons. The Morgan fingerprint density at radius 2 is 1.85 bits per heavy atom. The van der Waals surface area contributed by atoms with Gasteiger partial charge in [-0.3, -0.25) is 4.99 Å². The Morgan fingerprint density at radius 1 is 1.23 bits per heavy atom. The fraction of sp³-hybridized carbons (Fsp3) is 0.588. The number of guanidine groups is 1. The van der Waals surface area contributed by atoms with Gasteiger partial charge in [0.15, 0.2) is 5.96 Å². The number of benzene rings is 1. The summed E-state index contributed by atoms with van der Waals surface area (Å²) >= 11 is 6.29. The third-order valence-corrected chi connectivity index (χ3v) is 5.38. The average Bonchev–Trinajstić information content (AvgIpc) is 2.54. The van der Waals surface area contributed by atoms with Crippen LogP contribution in [0.2, 0.25) is 5.02 Å². The summed E-state index contributed by atoms with van der Waals surface area (Å²) in [4.78, 5) is 8.77. The summed E-state index contributed by atoms with van der Waals surface area (Å²) in [7, 11) is -1.53. The molecule has 0 unspecified atom stereocenters. The van der Waals surface area contributed by atoms with Crippen molar-refractivity contribution in [2.24, 2.45) is 4.99 Å². The van der Waals surface area contributed by atoms with Gasteiger partial charge in [0.2, 0.25) is 10.0 Å². The number of para-hydroxylation sites is 1. The van der Waals surface area contributed by atoms with E-state index in [0.29, 0.717) is 6.54 Å². The molecule has 1 fully saturated rings. The summed E-state index contributed by atoms with van der Waals surface area (Å²) in [5, 5.41) is 4.03. The van der Waals surface area contributed by atoms with Crippen LogP contribution in [-0.4, -0.2) is 70.8 Å². The summed E-state index contributed by atoms with van der Waals surface area (Å²) in [5.41, 5.74) is 0.443. The van der Waals surface area contributed by atoms with Crippen LogP contribution < -0.4 is 14.9 Å². The topological polar surface area (TPSA) is 77.0 Å². The number of halogens is 1. The lowest BCUT2D eigenvalue weighted by atomic mass is 10.1. The highest BCUT2D eigenvalue weighted by Crippen LogP contribution is 2.26. The van der Waals surface area contributed by atoms with Crippen molar-refractivity contribution in [1.29, 1.82) is 0 Å². The number of nitrogens with one attached hydrogen (secondary N) is 2. The van der Waals surface area contributed by atoms with Gasteiger partial charge in [-0.05, 0) is 26.0 Å². The van der Waals surface area contributed by atoms with Crippen molar-refractivity contribution in [1.82, 2.24) is 14.9 Å². The molecule has 2 N–H and O–H groups in total. The second-order valence-electron chi connectivity index (χ2n) is 7.08. The van der Waals surface area contributed by atoms with Crippen molar-refractivity contribution in [3.8, 4) is 0 Å². The summed E-state index contributed by atoms with van der Waals surface area (Å²) in [5.74, 6) is 0.771. The van der Waals surface area contributed by atoms with E-state index in [1.807, 2.05) is 38.1 Å². The van der Waals surface area contributed by atoms with Crippen LogP contribution in [-0.2, 0) is 10.0 Å². The molecule has 0 spiro atoms. The van der Waals surface area contributed by atoms with E-state index in [9.17, 15) is 8.42 Å². The molecule has 7 nitrogen and oxygen atoms in total. The first-order valence-electron chi connectivity index (χ1n) is 8.55. The minimum atomic E-state index is -3.27. The Kier molecular flexibility index (Phi) is 6.76. The average molecular weight is 402 g/mol. The Morgan fingerprint density at radius 3 is 2.38 bits per heavy atom. The van der Waals surface area contributed by atoms with Crippen LogP contribution in [0.3, 0.4) is 0 Å². The molecular weight excluding hydrogens is 374 g/mol. The Balaban J connectivity index is 1.92. The van der Waals surface area contributed by atoms with Gasteiger partial charge in [-0.15, -0.1) is 0 Å². The summed E-state index contributed by atoms with van der Waals surface area (Å²) in [6.07, 6.45) is 1.16. The van der Waals surface area contributed by atoms with Crippen molar-refractivity contribution < 1.29 is 8.42 Å². The van der Waals surface area contributed by atoms with Crippen LogP contribution in [0.5, 0.6) is 0 Å². The molecule has 0 atom stereocenters. The van der Waals surface area contributed by atoms with Gasteiger partial charge >= 0.3 is 0 Å². The third-order valence-electron chi connectivity index (χ3n) is 4.13. The fourth-order valence-corrected chi connectivity index (χ4v) is 4.37. The van der Waals surface area contributed by atoms with Gasteiger partial charge in [0, 0.05) is 45.3 Å². The van der Waals surface area contributed by atoms with Crippen molar-refractivity contribution in [2.75, 3.05) is 50.9 Å². The molecule has 146 valence electrons. The SMILES string of the molecule is CN=C(NCC(C)(C)NS(C)(=O)=O)N1CCN(c2ccccc2Cl)CC1. The first-order valence-corrected chi connectivity index (χ1v) is 10.8. The van der Waals surface area contributed by atoms with E-state index in [-0.39, 0.29) is 0 Å². The van der Waals surface area contributed by atoms with Crippen molar-refractivity contribution >= 4 is 33.3 Å². The molecule has 1 aliphatic heterocycles. The monoisotopic (exact) mass is 401 g/mol. The van der Waals surface area contributed by atoms with Crippen molar-refractivity contribution in [3.05, 3.63) is 29.3 Å². The second kappa shape index (κ2) is 8.45.